The van der Waals surface area contributed by atoms with Crippen molar-refractivity contribution in [1.82, 2.24) is 5.01 Å². The zero-order chi connectivity index (χ0) is 24.3. The van der Waals surface area contributed by atoms with Gasteiger partial charge in [-0.1, -0.05) is 47.5 Å². The van der Waals surface area contributed by atoms with Crippen LogP contribution in [-0.2, 0) is 16.2 Å². The Hall–Kier alpha value is -2.83. The lowest BCUT2D eigenvalue weighted by Crippen LogP contribution is -2.40. The molecule has 4 aliphatic carbocycles. The summed E-state index contributed by atoms with van der Waals surface area (Å²) in [6.07, 6.45) is 6.91. The Labute approximate surface area is 213 Å². The molecule has 2 saturated carbocycles. The summed E-state index contributed by atoms with van der Waals surface area (Å²) in [5, 5.41) is 6.37. The van der Waals surface area contributed by atoms with Gasteiger partial charge in [0.05, 0.1) is 29.7 Å². The molecule has 0 radical (unpaired) electrons. The number of halogens is 2. The van der Waals surface area contributed by atoms with Crippen LogP contribution in [0.1, 0.15) is 24.5 Å². The molecule has 5 aliphatic rings. The number of hydrogen-bond donors (Lipinski definition) is 0. The Kier molecular flexibility index (Phi) is 5.61. The molecule has 7 rings (SSSR count). The van der Waals surface area contributed by atoms with Crippen LogP contribution in [0, 0.1) is 35.5 Å². The molecular formula is C27H24Cl2N2O4. The first-order valence-electron chi connectivity index (χ1n) is 11.9. The Morgan fingerprint density at radius 3 is 2.29 bits per heavy atom. The largest absolute Gasteiger partial charge is 0.490 e. The molecule has 1 aliphatic heterocycles. The molecule has 2 aromatic carbocycles. The number of carbonyl (C=O) groups excluding carboxylic acids is 2. The number of nitrogens with zero attached hydrogens (tertiary/aromatic N) is 2. The number of rotatable bonds is 7. The summed E-state index contributed by atoms with van der Waals surface area (Å²) in [4.78, 5) is 26.3. The van der Waals surface area contributed by atoms with Crippen LogP contribution >= 0.6 is 23.2 Å². The maximum atomic E-state index is 13.1. The molecule has 1 heterocycles. The summed E-state index contributed by atoms with van der Waals surface area (Å²) in [5.41, 5.74) is 1.55. The highest BCUT2D eigenvalue weighted by Gasteiger charge is 2.67. The van der Waals surface area contributed by atoms with Crippen LogP contribution in [-0.4, -0.2) is 29.6 Å². The molecule has 8 heteroatoms. The third-order valence-electron chi connectivity index (χ3n) is 7.59. The molecule has 6 nitrogen and oxygen atoms in total. The second-order valence-corrected chi connectivity index (χ2v) is 10.4. The van der Waals surface area contributed by atoms with Gasteiger partial charge in [0.25, 0.3) is 11.8 Å². The molecule has 1 saturated heterocycles. The van der Waals surface area contributed by atoms with Gasteiger partial charge in [-0.3, -0.25) is 9.59 Å². The molecule has 2 aromatic rings. The van der Waals surface area contributed by atoms with Gasteiger partial charge in [0, 0.05) is 5.02 Å². The van der Waals surface area contributed by atoms with Crippen molar-refractivity contribution in [2.75, 3.05) is 6.61 Å². The highest BCUT2D eigenvalue weighted by Crippen LogP contribution is 2.65. The maximum absolute atomic E-state index is 13.1. The summed E-state index contributed by atoms with van der Waals surface area (Å²) < 4.78 is 11.7. The van der Waals surface area contributed by atoms with Gasteiger partial charge >= 0.3 is 0 Å². The predicted molar refractivity (Wildman–Crippen MR) is 133 cm³/mol. The molecule has 2 amide bonds. The van der Waals surface area contributed by atoms with Crippen molar-refractivity contribution in [1.29, 1.82) is 0 Å². The van der Waals surface area contributed by atoms with Crippen LogP contribution in [0.4, 0.5) is 0 Å². The molecule has 0 N–H and O–H groups in total. The second-order valence-electron chi connectivity index (χ2n) is 9.57. The van der Waals surface area contributed by atoms with Crippen LogP contribution in [0.15, 0.2) is 53.7 Å². The normalized spacial score (nSPS) is 30.1. The van der Waals surface area contributed by atoms with Gasteiger partial charge in [-0.05, 0) is 72.4 Å². The first-order chi connectivity index (χ1) is 17.0. The number of ether oxygens (including phenoxy) is 2. The molecule has 0 aromatic heterocycles. The van der Waals surface area contributed by atoms with Gasteiger partial charge < -0.3 is 9.47 Å². The molecule has 35 heavy (non-hydrogen) atoms. The Bertz CT molecular complexity index is 1220. The zero-order valence-corrected chi connectivity index (χ0v) is 20.6. The van der Waals surface area contributed by atoms with Gasteiger partial charge in [-0.15, -0.1) is 0 Å². The highest BCUT2D eigenvalue weighted by atomic mass is 35.5. The first kappa shape index (κ1) is 22.6. The molecule has 180 valence electrons. The van der Waals surface area contributed by atoms with E-state index in [0.717, 1.165) is 17.0 Å². The Morgan fingerprint density at radius 1 is 1.00 bits per heavy atom. The van der Waals surface area contributed by atoms with Gasteiger partial charge in [-0.25, -0.2) is 0 Å². The lowest BCUT2D eigenvalue weighted by molar-refractivity contribution is -0.140. The van der Waals surface area contributed by atoms with E-state index in [2.05, 4.69) is 17.3 Å². The summed E-state index contributed by atoms with van der Waals surface area (Å²) in [5.74, 6) is 1.40. The summed E-state index contributed by atoms with van der Waals surface area (Å²) >= 11 is 12.5. The fraction of sp³-hybridized carbons (Fsp3) is 0.370. The van der Waals surface area contributed by atoms with Crippen LogP contribution < -0.4 is 9.47 Å². The van der Waals surface area contributed by atoms with E-state index in [4.69, 9.17) is 32.7 Å². The maximum Gasteiger partial charge on any atom is 0.254 e. The van der Waals surface area contributed by atoms with E-state index in [1.807, 2.05) is 19.1 Å². The minimum absolute atomic E-state index is 0.169. The molecule has 3 fully saturated rings. The first-order valence-corrected chi connectivity index (χ1v) is 12.7. The van der Waals surface area contributed by atoms with E-state index in [9.17, 15) is 9.59 Å². The highest BCUT2D eigenvalue weighted by molar-refractivity contribution is 6.32. The van der Waals surface area contributed by atoms with Crippen LogP contribution in [0.5, 0.6) is 11.5 Å². The average molecular weight is 511 g/mol. The van der Waals surface area contributed by atoms with Crippen LogP contribution in [0.25, 0.3) is 0 Å². The number of imide groups is 1. The number of hydrazone groups is 1. The number of benzene rings is 2. The van der Waals surface area contributed by atoms with E-state index in [1.165, 1.54) is 6.21 Å². The summed E-state index contributed by atoms with van der Waals surface area (Å²) in [6.45, 7) is 2.58. The fourth-order valence-electron chi connectivity index (χ4n) is 5.98. The molecule has 0 spiro atoms. The smallest absolute Gasteiger partial charge is 0.254 e. The average Bonchev–Trinajstić information content (AvgIpc) is 3.63. The standard InChI is InChI=1S/C27H24Cl2N2O4/c1-2-34-22-10-15(9-21(29)25(22)35-13-14-3-5-16(28)6-4-14)12-30-31-26(32)23-17-7-8-18(20-11-19(17)20)24(23)27(31)33/h3-10,12,17-20,23-24H,2,11,13H2,1H3/b30-12-/t17-,18-,19-,20-,23+,24+/m0/s1. The van der Waals surface area contributed by atoms with Crippen molar-refractivity contribution >= 4 is 41.2 Å². The van der Waals surface area contributed by atoms with Crippen LogP contribution in [0.2, 0.25) is 10.0 Å². The van der Waals surface area contributed by atoms with Gasteiger partial charge in [0.15, 0.2) is 11.5 Å². The number of hydrogen-bond acceptors (Lipinski definition) is 5. The lowest BCUT2D eigenvalue weighted by Gasteiger charge is -2.37. The lowest BCUT2D eigenvalue weighted by atomic mass is 9.63. The molecule has 6 atom stereocenters. The minimum Gasteiger partial charge on any atom is -0.490 e. The SMILES string of the molecule is CCOc1cc(/C=N\N2C(=O)[C@@H]3[C@H]4C=C[C@@H]([C@@H]5C[C@@H]45)[C@H]3C2=O)cc(Cl)c1OCc1ccc(Cl)cc1. The molecule has 0 unspecified atom stereocenters. The third-order valence-corrected chi connectivity index (χ3v) is 8.12. The van der Waals surface area contributed by atoms with Gasteiger partial charge in [0.2, 0.25) is 0 Å². The van der Waals surface area contributed by atoms with Crippen molar-refractivity contribution in [3.63, 3.8) is 0 Å². The Balaban J connectivity index is 1.21. The quantitative estimate of drug-likeness (QED) is 0.285. The van der Waals surface area contributed by atoms with E-state index in [0.29, 0.717) is 52.2 Å². The van der Waals surface area contributed by atoms with Crippen molar-refractivity contribution in [2.24, 2.45) is 40.6 Å². The number of carbonyl (C=O) groups is 2. The zero-order valence-electron chi connectivity index (χ0n) is 19.1. The number of amides is 2. The summed E-state index contributed by atoms with van der Waals surface area (Å²) in [7, 11) is 0. The van der Waals surface area contributed by atoms with E-state index in [1.54, 1.807) is 24.3 Å². The predicted octanol–water partition coefficient (Wildman–Crippen LogP) is 5.36. The van der Waals surface area contributed by atoms with Gasteiger partial charge in [0.1, 0.15) is 6.61 Å². The Morgan fingerprint density at radius 2 is 1.66 bits per heavy atom. The topological polar surface area (TPSA) is 68.2 Å². The van der Waals surface area contributed by atoms with E-state index < -0.39 is 0 Å². The van der Waals surface area contributed by atoms with E-state index >= 15 is 0 Å². The summed E-state index contributed by atoms with van der Waals surface area (Å²) in [6, 6.07) is 10.8. The van der Waals surface area contributed by atoms with Crippen molar-refractivity contribution in [2.45, 2.75) is 20.0 Å². The fourth-order valence-corrected chi connectivity index (χ4v) is 6.38. The molecular weight excluding hydrogens is 487 g/mol. The minimum atomic E-state index is -0.274. The van der Waals surface area contributed by atoms with Gasteiger partial charge in [-0.2, -0.15) is 10.1 Å². The second kappa shape index (κ2) is 8.68. The van der Waals surface area contributed by atoms with Crippen LogP contribution in [0.3, 0.4) is 0 Å². The monoisotopic (exact) mass is 510 g/mol. The van der Waals surface area contributed by atoms with Crippen molar-refractivity contribution in [3.8, 4) is 11.5 Å². The number of allylic oxidation sites excluding steroid dienone is 2. The molecule has 2 bridgehead atoms. The van der Waals surface area contributed by atoms with Crippen molar-refractivity contribution in [3.05, 3.63) is 69.7 Å². The third kappa shape index (κ3) is 3.83. The van der Waals surface area contributed by atoms with E-state index in [-0.39, 0.29) is 35.5 Å². The van der Waals surface area contributed by atoms with Crippen molar-refractivity contribution < 1.29 is 19.1 Å².